The van der Waals surface area contributed by atoms with Crippen LogP contribution in [0, 0.1) is 17.8 Å². The molecule has 2 amide bonds. The smallest absolute Gasteiger partial charge is 0.310 e. The Morgan fingerprint density at radius 3 is 2.29 bits per heavy atom. The molecule has 0 radical (unpaired) electrons. The van der Waals surface area contributed by atoms with Crippen molar-refractivity contribution < 1.29 is 19.1 Å². The van der Waals surface area contributed by atoms with Crippen LogP contribution in [0.15, 0.2) is 30.3 Å². The maximum Gasteiger partial charge on any atom is 0.310 e. The molecule has 4 N–H and O–H groups in total. The molecule has 112 valence electrons. The average molecular weight is 291 g/mol. The lowest BCUT2D eigenvalue weighted by Crippen LogP contribution is -2.33. The summed E-state index contributed by atoms with van der Waals surface area (Å²) in [4.78, 5) is 35.6. The number of nitrogens with one attached hydrogen (secondary N) is 2. The molecule has 7 heteroatoms. The Kier molecular flexibility index (Phi) is 4.54. The van der Waals surface area contributed by atoms with Gasteiger partial charge in [0, 0.05) is 5.69 Å². The number of carbonyl (C=O) groups is 3. The summed E-state index contributed by atoms with van der Waals surface area (Å²) in [7, 11) is 0. The van der Waals surface area contributed by atoms with Crippen LogP contribution in [0.4, 0.5) is 5.69 Å². The number of ether oxygens (including phenoxy) is 1. The van der Waals surface area contributed by atoms with E-state index in [0.717, 1.165) is 0 Å². The predicted molar refractivity (Wildman–Crippen MR) is 74.5 cm³/mol. The van der Waals surface area contributed by atoms with Gasteiger partial charge in [-0.25, -0.2) is 5.84 Å². The highest BCUT2D eigenvalue weighted by Gasteiger charge is 2.63. The normalized spacial score (nSPS) is 23.0. The third-order valence-electron chi connectivity index (χ3n) is 3.37. The van der Waals surface area contributed by atoms with Crippen LogP contribution < -0.4 is 16.6 Å². The fourth-order valence-corrected chi connectivity index (χ4v) is 2.34. The minimum atomic E-state index is -0.780. The van der Waals surface area contributed by atoms with Gasteiger partial charge in [-0.1, -0.05) is 18.2 Å². The van der Waals surface area contributed by atoms with E-state index in [4.69, 9.17) is 10.6 Å². The van der Waals surface area contributed by atoms with Crippen molar-refractivity contribution in [2.45, 2.75) is 6.92 Å². The first-order chi connectivity index (χ1) is 10.1. The first-order valence-electron chi connectivity index (χ1n) is 6.63. The molecule has 1 aromatic carbocycles. The Balaban J connectivity index is 2.07. The van der Waals surface area contributed by atoms with Gasteiger partial charge in [-0.2, -0.15) is 0 Å². The summed E-state index contributed by atoms with van der Waals surface area (Å²) >= 11 is 0. The monoisotopic (exact) mass is 291 g/mol. The largest absolute Gasteiger partial charge is 0.466 e. The van der Waals surface area contributed by atoms with Crippen LogP contribution >= 0.6 is 0 Å². The Morgan fingerprint density at radius 1 is 1.10 bits per heavy atom. The number of benzene rings is 1. The van der Waals surface area contributed by atoms with Gasteiger partial charge in [-0.15, -0.1) is 0 Å². The van der Waals surface area contributed by atoms with Gasteiger partial charge in [0.15, 0.2) is 0 Å². The number of hydrazine groups is 1. The molecular weight excluding hydrogens is 274 g/mol. The summed E-state index contributed by atoms with van der Waals surface area (Å²) in [5.74, 6) is 1.27. The molecule has 2 rings (SSSR count). The second-order valence-electron chi connectivity index (χ2n) is 4.69. The molecule has 0 spiro atoms. The van der Waals surface area contributed by atoms with Gasteiger partial charge in [0.05, 0.1) is 24.4 Å². The van der Waals surface area contributed by atoms with Crippen LogP contribution in [0.5, 0.6) is 0 Å². The van der Waals surface area contributed by atoms with Crippen molar-refractivity contribution >= 4 is 23.5 Å². The number of amides is 2. The third-order valence-corrected chi connectivity index (χ3v) is 3.37. The van der Waals surface area contributed by atoms with Gasteiger partial charge in [0.2, 0.25) is 11.8 Å². The number of para-hydroxylation sites is 1. The SMILES string of the molecule is CCOC(=O)[C@H]1[C@@H](C(=O)NN)[C@@H]1C(=O)Nc1ccccc1. The molecule has 1 aliphatic carbocycles. The maximum atomic E-state index is 12.2. The van der Waals surface area contributed by atoms with Crippen LogP contribution in [0.1, 0.15) is 6.92 Å². The molecule has 0 heterocycles. The second-order valence-corrected chi connectivity index (χ2v) is 4.69. The minimum absolute atomic E-state index is 0.194. The lowest BCUT2D eigenvalue weighted by atomic mass is 10.2. The average Bonchev–Trinajstić information content (AvgIpc) is 3.23. The topological polar surface area (TPSA) is 111 Å². The van der Waals surface area contributed by atoms with Crippen molar-refractivity contribution in [3.8, 4) is 0 Å². The number of esters is 1. The third kappa shape index (κ3) is 3.19. The Bertz CT molecular complexity index is 546. The van der Waals surface area contributed by atoms with Gasteiger partial charge < -0.3 is 10.1 Å². The zero-order chi connectivity index (χ0) is 15.4. The molecule has 1 aliphatic rings. The van der Waals surface area contributed by atoms with E-state index in [1.54, 1.807) is 31.2 Å². The van der Waals surface area contributed by atoms with E-state index in [-0.39, 0.29) is 6.61 Å². The Hall–Kier alpha value is -2.41. The standard InChI is InChI=1S/C14H17N3O4/c1-2-21-14(20)11-9(10(11)13(19)17-15)12(18)16-8-6-4-3-5-7-8/h3-7,9-11H,2,15H2,1H3,(H,16,18)(H,17,19)/t9-,10-,11+/m0/s1. The Morgan fingerprint density at radius 2 is 1.71 bits per heavy atom. The molecule has 1 aromatic rings. The van der Waals surface area contributed by atoms with Gasteiger partial charge in [0.25, 0.3) is 0 Å². The lowest BCUT2D eigenvalue weighted by Gasteiger charge is -2.04. The van der Waals surface area contributed by atoms with Gasteiger partial charge >= 0.3 is 5.97 Å². The van der Waals surface area contributed by atoms with Crippen molar-refractivity contribution in [1.82, 2.24) is 5.43 Å². The van der Waals surface area contributed by atoms with Crippen LogP contribution in [0.25, 0.3) is 0 Å². The van der Waals surface area contributed by atoms with Gasteiger partial charge in [0.1, 0.15) is 0 Å². The summed E-state index contributed by atoms with van der Waals surface area (Å²) in [5.41, 5.74) is 2.58. The van der Waals surface area contributed by atoms with E-state index < -0.39 is 35.5 Å². The van der Waals surface area contributed by atoms with Crippen LogP contribution in [0.3, 0.4) is 0 Å². The summed E-state index contributed by atoms with van der Waals surface area (Å²) in [6, 6.07) is 8.80. The zero-order valence-electron chi connectivity index (χ0n) is 11.5. The first-order valence-corrected chi connectivity index (χ1v) is 6.63. The fraction of sp³-hybridized carbons (Fsp3) is 0.357. The van der Waals surface area contributed by atoms with Gasteiger partial charge in [-0.05, 0) is 19.1 Å². The molecule has 0 unspecified atom stereocenters. The summed E-state index contributed by atoms with van der Waals surface area (Å²) < 4.78 is 4.88. The first kappa shape index (κ1) is 15.0. The molecule has 1 fully saturated rings. The molecule has 7 nitrogen and oxygen atoms in total. The predicted octanol–water partition coefficient (Wildman–Crippen LogP) is 0.0403. The van der Waals surface area contributed by atoms with E-state index in [0.29, 0.717) is 5.69 Å². The van der Waals surface area contributed by atoms with Crippen molar-refractivity contribution in [2.75, 3.05) is 11.9 Å². The molecule has 21 heavy (non-hydrogen) atoms. The number of rotatable bonds is 5. The van der Waals surface area contributed by atoms with E-state index in [9.17, 15) is 14.4 Å². The van der Waals surface area contributed by atoms with Gasteiger partial charge in [-0.3, -0.25) is 19.8 Å². The van der Waals surface area contributed by atoms with E-state index in [2.05, 4.69) is 5.32 Å². The molecule has 1 saturated carbocycles. The maximum absolute atomic E-state index is 12.2. The number of nitrogens with two attached hydrogens (primary N) is 1. The fourth-order valence-electron chi connectivity index (χ4n) is 2.34. The van der Waals surface area contributed by atoms with E-state index >= 15 is 0 Å². The highest BCUT2D eigenvalue weighted by atomic mass is 16.5. The molecule has 3 atom stereocenters. The molecular formula is C14H17N3O4. The highest BCUT2D eigenvalue weighted by molar-refractivity contribution is 6.05. The van der Waals surface area contributed by atoms with Crippen LogP contribution in [-0.2, 0) is 19.1 Å². The summed E-state index contributed by atoms with van der Waals surface area (Å²) in [6.07, 6.45) is 0. The Labute approximate surface area is 121 Å². The summed E-state index contributed by atoms with van der Waals surface area (Å²) in [5, 5.41) is 2.67. The minimum Gasteiger partial charge on any atom is -0.466 e. The highest BCUT2D eigenvalue weighted by Crippen LogP contribution is 2.48. The van der Waals surface area contributed by atoms with Crippen molar-refractivity contribution in [3.63, 3.8) is 0 Å². The van der Waals surface area contributed by atoms with Crippen molar-refractivity contribution in [2.24, 2.45) is 23.6 Å². The lowest BCUT2D eigenvalue weighted by molar-refractivity contribution is -0.146. The molecule has 0 saturated heterocycles. The number of anilines is 1. The summed E-state index contributed by atoms with van der Waals surface area (Å²) in [6.45, 7) is 1.86. The number of carbonyl (C=O) groups excluding carboxylic acids is 3. The van der Waals surface area contributed by atoms with Crippen molar-refractivity contribution in [3.05, 3.63) is 30.3 Å². The van der Waals surface area contributed by atoms with Crippen LogP contribution in [0.2, 0.25) is 0 Å². The second kappa shape index (κ2) is 6.36. The van der Waals surface area contributed by atoms with Crippen LogP contribution in [-0.4, -0.2) is 24.4 Å². The molecule has 0 aromatic heterocycles. The van der Waals surface area contributed by atoms with Crippen molar-refractivity contribution in [1.29, 1.82) is 0 Å². The number of hydrogen-bond acceptors (Lipinski definition) is 5. The number of hydrogen-bond donors (Lipinski definition) is 3. The van der Waals surface area contributed by atoms with E-state index in [1.165, 1.54) is 0 Å². The molecule has 0 bridgehead atoms. The zero-order valence-corrected chi connectivity index (χ0v) is 11.5. The quantitative estimate of drug-likeness (QED) is 0.307. The van der Waals surface area contributed by atoms with E-state index in [1.807, 2.05) is 11.5 Å². The molecule has 0 aliphatic heterocycles.